The zero-order valence-corrected chi connectivity index (χ0v) is 10.7. The number of nitrogen functional groups attached to an aromatic ring is 1. The van der Waals surface area contributed by atoms with E-state index in [0.717, 1.165) is 0 Å². The van der Waals surface area contributed by atoms with Gasteiger partial charge in [0.2, 0.25) is 10.0 Å². The van der Waals surface area contributed by atoms with Crippen LogP contribution in [-0.2, 0) is 10.0 Å². The third-order valence-corrected chi connectivity index (χ3v) is 4.03. The van der Waals surface area contributed by atoms with Crippen molar-refractivity contribution < 1.29 is 8.42 Å². The minimum atomic E-state index is -3.58. The highest BCUT2D eigenvalue weighted by Crippen LogP contribution is 2.18. The average Bonchev–Trinajstić information content (AvgIpc) is 2.25. The Balaban J connectivity index is 3.10. The van der Waals surface area contributed by atoms with Crippen LogP contribution < -0.4 is 10.5 Å². The van der Waals surface area contributed by atoms with E-state index < -0.39 is 16.1 Å². The van der Waals surface area contributed by atoms with E-state index in [1.54, 1.807) is 19.1 Å². The van der Waals surface area contributed by atoms with Crippen molar-refractivity contribution in [2.75, 3.05) is 5.73 Å². The maximum absolute atomic E-state index is 12.0. The molecular formula is C12H16N2O2S. The monoisotopic (exact) mass is 252 g/mol. The number of nitrogens with two attached hydrogens (primary N) is 1. The topological polar surface area (TPSA) is 72.2 Å². The number of hydrogen-bond acceptors (Lipinski definition) is 3. The highest BCUT2D eigenvalue weighted by molar-refractivity contribution is 7.89. The molecule has 5 heteroatoms. The third kappa shape index (κ3) is 3.22. The fourth-order valence-electron chi connectivity index (χ4n) is 1.46. The molecule has 0 saturated carbocycles. The lowest BCUT2D eigenvalue weighted by atomic mass is 10.2. The highest BCUT2D eigenvalue weighted by Gasteiger charge is 2.19. The van der Waals surface area contributed by atoms with Crippen LogP contribution in [0.1, 0.15) is 18.9 Å². The van der Waals surface area contributed by atoms with E-state index in [0.29, 0.717) is 17.7 Å². The van der Waals surface area contributed by atoms with Crippen molar-refractivity contribution in [2.24, 2.45) is 0 Å². The van der Waals surface area contributed by atoms with E-state index >= 15 is 0 Å². The summed E-state index contributed by atoms with van der Waals surface area (Å²) < 4.78 is 26.6. The predicted molar refractivity (Wildman–Crippen MR) is 68.8 cm³/mol. The first-order chi connectivity index (χ1) is 7.90. The van der Waals surface area contributed by atoms with Crippen LogP contribution in [0, 0.1) is 19.3 Å². The molecule has 0 bridgehead atoms. The Morgan fingerprint density at radius 3 is 2.65 bits per heavy atom. The van der Waals surface area contributed by atoms with Gasteiger partial charge in [-0.1, -0.05) is 12.8 Å². The molecule has 0 radical (unpaired) electrons. The number of nitrogens with one attached hydrogen (secondary N) is 1. The first kappa shape index (κ1) is 13.6. The van der Waals surface area contributed by atoms with Crippen molar-refractivity contribution in [1.29, 1.82) is 0 Å². The van der Waals surface area contributed by atoms with Crippen LogP contribution in [0.4, 0.5) is 5.69 Å². The quantitative estimate of drug-likeness (QED) is 0.626. The van der Waals surface area contributed by atoms with Gasteiger partial charge in [-0.05, 0) is 37.1 Å². The van der Waals surface area contributed by atoms with Crippen molar-refractivity contribution in [1.82, 2.24) is 4.72 Å². The van der Waals surface area contributed by atoms with Gasteiger partial charge in [0.25, 0.3) is 0 Å². The molecule has 0 amide bonds. The molecule has 0 spiro atoms. The van der Waals surface area contributed by atoms with Crippen molar-refractivity contribution in [3.05, 3.63) is 23.8 Å². The van der Waals surface area contributed by atoms with Gasteiger partial charge in [0.05, 0.1) is 10.9 Å². The summed E-state index contributed by atoms with van der Waals surface area (Å²) >= 11 is 0. The predicted octanol–water partition coefficient (Wildman–Crippen LogP) is 1.27. The molecule has 0 aliphatic heterocycles. The summed E-state index contributed by atoms with van der Waals surface area (Å²) in [6, 6.07) is 4.16. The second kappa shape index (κ2) is 5.21. The standard InChI is InChI=1S/C12H16N2O2S/c1-4-11(5-2)14-17(15,16)12-7-6-10(13)8-9(12)3/h1,6-8,11,14H,5,13H2,2-3H3. The van der Waals surface area contributed by atoms with Gasteiger partial charge in [0.15, 0.2) is 0 Å². The summed E-state index contributed by atoms with van der Waals surface area (Å²) in [6.45, 7) is 3.52. The van der Waals surface area contributed by atoms with Crippen LogP contribution >= 0.6 is 0 Å². The smallest absolute Gasteiger partial charge is 0.241 e. The lowest BCUT2D eigenvalue weighted by Gasteiger charge is -2.13. The van der Waals surface area contributed by atoms with Crippen LogP contribution in [0.25, 0.3) is 0 Å². The number of benzene rings is 1. The molecule has 0 aromatic heterocycles. The Hall–Kier alpha value is -1.51. The lowest BCUT2D eigenvalue weighted by Crippen LogP contribution is -2.33. The summed E-state index contributed by atoms with van der Waals surface area (Å²) in [5.41, 5.74) is 6.71. The van der Waals surface area contributed by atoms with Crippen molar-refractivity contribution in [2.45, 2.75) is 31.2 Å². The molecule has 0 heterocycles. The van der Waals surface area contributed by atoms with Crippen LogP contribution in [0.5, 0.6) is 0 Å². The second-order valence-electron chi connectivity index (χ2n) is 3.77. The first-order valence-corrected chi connectivity index (χ1v) is 6.73. The molecule has 1 atom stereocenters. The Kier molecular flexibility index (Phi) is 4.16. The molecule has 0 aliphatic rings. The average molecular weight is 252 g/mol. The minimum absolute atomic E-state index is 0.209. The van der Waals surface area contributed by atoms with Gasteiger partial charge in [0.1, 0.15) is 0 Å². The van der Waals surface area contributed by atoms with E-state index in [9.17, 15) is 8.42 Å². The van der Waals surface area contributed by atoms with Gasteiger partial charge in [-0.2, -0.15) is 4.72 Å². The highest BCUT2D eigenvalue weighted by atomic mass is 32.2. The summed E-state index contributed by atoms with van der Waals surface area (Å²) in [6.07, 6.45) is 5.78. The number of hydrogen-bond donors (Lipinski definition) is 2. The van der Waals surface area contributed by atoms with E-state index in [2.05, 4.69) is 10.6 Å². The number of aryl methyl sites for hydroxylation is 1. The first-order valence-electron chi connectivity index (χ1n) is 5.25. The fourth-order valence-corrected chi connectivity index (χ4v) is 2.93. The summed E-state index contributed by atoms with van der Waals surface area (Å²) in [5, 5.41) is 0. The van der Waals surface area contributed by atoms with Gasteiger partial charge in [-0.15, -0.1) is 6.42 Å². The Morgan fingerprint density at radius 2 is 2.18 bits per heavy atom. The molecule has 0 aliphatic carbocycles. The maximum Gasteiger partial charge on any atom is 0.241 e. The molecule has 1 aromatic carbocycles. The summed E-state index contributed by atoms with van der Waals surface area (Å²) in [5.74, 6) is 2.39. The number of rotatable bonds is 4. The molecule has 1 unspecified atom stereocenters. The van der Waals surface area contributed by atoms with E-state index in [1.165, 1.54) is 6.07 Å². The molecular weight excluding hydrogens is 236 g/mol. The van der Waals surface area contributed by atoms with E-state index in [-0.39, 0.29) is 4.90 Å². The molecule has 0 saturated heterocycles. The molecule has 92 valence electrons. The van der Waals surface area contributed by atoms with Gasteiger partial charge >= 0.3 is 0 Å². The maximum atomic E-state index is 12.0. The Labute approximate surface area is 102 Å². The van der Waals surface area contributed by atoms with Crippen LogP contribution in [0.15, 0.2) is 23.1 Å². The van der Waals surface area contributed by atoms with E-state index in [4.69, 9.17) is 12.2 Å². The number of sulfonamides is 1. The van der Waals surface area contributed by atoms with Crippen LogP contribution in [0.2, 0.25) is 0 Å². The molecule has 17 heavy (non-hydrogen) atoms. The van der Waals surface area contributed by atoms with Gasteiger partial charge < -0.3 is 5.73 Å². The molecule has 1 rings (SSSR count). The third-order valence-electron chi connectivity index (χ3n) is 2.40. The lowest BCUT2D eigenvalue weighted by molar-refractivity contribution is 0.570. The molecule has 3 N–H and O–H groups in total. The molecule has 0 fully saturated rings. The van der Waals surface area contributed by atoms with Crippen molar-refractivity contribution in [3.8, 4) is 12.3 Å². The Bertz CT molecular complexity index is 544. The van der Waals surface area contributed by atoms with Crippen LogP contribution in [-0.4, -0.2) is 14.5 Å². The molecule has 4 nitrogen and oxygen atoms in total. The molecule has 1 aromatic rings. The minimum Gasteiger partial charge on any atom is -0.399 e. The fraction of sp³-hybridized carbons (Fsp3) is 0.333. The summed E-state index contributed by atoms with van der Waals surface area (Å²) in [4.78, 5) is 0.209. The normalized spacial score (nSPS) is 13.0. The largest absolute Gasteiger partial charge is 0.399 e. The van der Waals surface area contributed by atoms with Gasteiger partial charge in [-0.3, -0.25) is 0 Å². The van der Waals surface area contributed by atoms with Crippen molar-refractivity contribution in [3.63, 3.8) is 0 Å². The van der Waals surface area contributed by atoms with Crippen molar-refractivity contribution >= 4 is 15.7 Å². The zero-order valence-electron chi connectivity index (χ0n) is 9.90. The number of anilines is 1. The van der Waals surface area contributed by atoms with Gasteiger partial charge in [-0.25, -0.2) is 8.42 Å². The van der Waals surface area contributed by atoms with E-state index in [1.807, 2.05) is 6.92 Å². The van der Waals surface area contributed by atoms with Gasteiger partial charge in [0, 0.05) is 5.69 Å². The second-order valence-corrected chi connectivity index (χ2v) is 5.46. The SMILES string of the molecule is C#CC(CC)NS(=O)(=O)c1ccc(N)cc1C. The van der Waals surface area contributed by atoms with Crippen LogP contribution in [0.3, 0.4) is 0 Å². The Morgan fingerprint density at radius 1 is 1.53 bits per heavy atom. The zero-order chi connectivity index (χ0) is 13.1. The summed E-state index contributed by atoms with van der Waals surface area (Å²) in [7, 11) is -3.58. The number of terminal acetylenes is 1.